The molecule has 38 heavy (non-hydrogen) atoms. The van der Waals surface area contributed by atoms with Crippen LogP contribution in [0.3, 0.4) is 0 Å². The molecule has 3 unspecified atom stereocenters. The van der Waals surface area contributed by atoms with E-state index in [4.69, 9.17) is 0 Å². The molecule has 5 rings (SSSR count). The number of fused-ring (bicyclic) bond motifs is 7. The summed E-state index contributed by atoms with van der Waals surface area (Å²) in [6.07, 6.45) is 8.30. The molecule has 0 bridgehead atoms. The summed E-state index contributed by atoms with van der Waals surface area (Å²) in [6.45, 7) is 15.6. The lowest BCUT2D eigenvalue weighted by atomic mass is 9.32. The van der Waals surface area contributed by atoms with Crippen molar-refractivity contribution in [3.05, 3.63) is 11.6 Å². The Kier molecular flexibility index (Phi) is 6.01. The van der Waals surface area contributed by atoms with E-state index in [9.17, 15) is 19.6 Å². The first kappa shape index (κ1) is 27.6. The molecule has 0 heterocycles. The second-order valence-corrected chi connectivity index (χ2v) is 16.0. The van der Waals surface area contributed by atoms with Gasteiger partial charge in [0.1, 0.15) is 11.9 Å². The number of hydrogen-bond acceptors (Lipinski definition) is 4. The van der Waals surface area contributed by atoms with Gasteiger partial charge in [0.05, 0.1) is 5.57 Å². The van der Waals surface area contributed by atoms with Gasteiger partial charge in [-0.1, -0.05) is 54.5 Å². The summed E-state index contributed by atoms with van der Waals surface area (Å²) >= 11 is 0. The van der Waals surface area contributed by atoms with Gasteiger partial charge in [0.15, 0.2) is 5.78 Å². The van der Waals surface area contributed by atoms with Crippen molar-refractivity contribution in [1.29, 1.82) is 5.26 Å². The van der Waals surface area contributed by atoms with Crippen LogP contribution >= 0.6 is 0 Å². The smallest absolute Gasteiger partial charge is 0.225 e. The summed E-state index contributed by atoms with van der Waals surface area (Å²) in [6, 6.07) is 2.21. The van der Waals surface area contributed by atoms with E-state index in [1.165, 1.54) is 0 Å². The zero-order chi connectivity index (χ0) is 28.2. The lowest BCUT2D eigenvalue weighted by Gasteiger charge is -2.71. The van der Waals surface area contributed by atoms with Crippen molar-refractivity contribution < 1.29 is 14.4 Å². The van der Waals surface area contributed by atoms with Gasteiger partial charge in [0, 0.05) is 37.8 Å². The molecule has 5 nitrogen and oxygen atoms in total. The molecule has 208 valence electrons. The Morgan fingerprint density at radius 3 is 2.16 bits per heavy atom. The largest absolute Gasteiger partial charge is 0.349 e. The van der Waals surface area contributed by atoms with Crippen LogP contribution in [0.5, 0.6) is 0 Å². The summed E-state index contributed by atoms with van der Waals surface area (Å²) in [5.41, 5.74) is -0.908. The highest BCUT2D eigenvalue weighted by Gasteiger charge is 2.71. The fourth-order valence-electron chi connectivity index (χ4n) is 11.2. The number of Topliss-reactive ketones (excluding diaryl/α,β-unsaturated/α-hetero) is 2. The molecule has 0 aromatic rings. The normalized spacial score (nSPS) is 46.9. The molecule has 1 amide bonds. The molecule has 0 aliphatic heterocycles. The predicted molar refractivity (Wildman–Crippen MR) is 148 cm³/mol. The Morgan fingerprint density at radius 1 is 0.921 bits per heavy atom. The first-order valence-corrected chi connectivity index (χ1v) is 14.9. The van der Waals surface area contributed by atoms with Gasteiger partial charge in [0.25, 0.3) is 0 Å². The Labute approximate surface area is 229 Å². The topological polar surface area (TPSA) is 78.2 Å². The molecular formula is C33H48N2O3. The highest BCUT2D eigenvalue weighted by atomic mass is 16.2. The fourth-order valence-corrected chi connectivity index (χ4v) is 11.2. The number of amides is 1. The minimum atomic E-state index is -0.610. The van der Waals surface area contributed by atoms with E-state index >= 15 is 0 Å². The number of carbonyl (C=O) groups is 3. The van der Waals surface area contributed by atoms with E-state index in [-0.39, 0.29) is 74.4 Å². The highest BCUT2D eigenvalue weighted by Crippen LogP contribution is 2.74. The first-order valence-electron chi connectivity index (χ1n) is 14.9. The van der Waals surface area contributed by atoms with E-state index < -0.39 is 5.41 Å². The summed E-state index contributed by atoms with van der Waals surface area (Å²) in [5.74, 6) is 1.22. The average molecular weight is 521 g/mol. The number of allylic oxidation sites excluding steroid dienone is 2. The number of rotatable bonds is 1. The van der Waals surface area contributed by atoms with E-state index in [1.54, 1.807) is 4.90 Å². The molecule has 4 saturated carbocycles. The molecule has 0 spiro atoms. The van der Waals surface area contributed by atoms with E-state index in [2.05, 4.69) is 40.7 Å². The van der Waals surface area contributed by atoms with Crippen molar-refractivity contribution in [2.75, 3.05) is 14.1 Å². The minimum absolute atomic E-state index is 0.0128. The third-order valence-electron chi connectivity index (χ3n) is 13.1. The second-order valence-electron chi connectivity index (χ2n) is 16.0. The van der Waals surface area contributed by atoms with Gasteiger partial charge in [0.2, 0.25) is 5.91 Å². The molecule has 0 aromatic heterocycles. The maximum Gasteiger partial charge on any atom is 0.225 e. The Bertz CT molecular complexity index is 1160. The lowest BCUT2D eigenvalue weighted by molar-refractivity contribution is -0.214. The quantitative estimate of drug-likeness (QED) is 0.411. The van der Waals surface area contributed by atoms with Gasteiger partial charge in [-0.2, -0.15) is 5.26 Å². The Balaban J connectivity index is 1.60. The van der Waals surface area contributed by atoms with Gasteiger partial charge >= 0.3 is 0 Å². The molecule has 5 aliphatic carbocycles. The lowest BCUT2D eigenvalue weighted by Crippen LogP contribution is -2.68. The zero-order valence-electron chi connectivity index (χ0n) is 25.1. The van der Waals surface area contributed by atoms with Gasteiger partial charge in [-0.25, -0.2) is 0 Å². The van der Waals surface area contributed by atoms with Crippen LogP contribution in [0.4, 0.5) is 0 Å². The molecule has 0 radical (unpaired) electrons. The highest BCUT2D eigenvalue weighted by molar-refractivity contribution is 6.04. The third kappa shape index (κ3) is 3.43. The van der Waals surface area contributed by atoms with Crippen LogP contribution in [-0.2, 0) is 14.4 Å². The third-order valence-corrected chi connectivity index (χ3v) is 13.1. The van der Waals surface area contributed by atoms with Gasteiger partial charge in [-0.05, 0) is 83.9 Å². The van der Waals surface area contributed by atoms with Crippen molar-refractivity contribution >= 4 is 17.5 Å². The second kappa shape index (κ2) is 8.28. The first-order chi connectivity index (χ1) is 17.4. The molecule has 5 heteroatoms. The molecule has 9 atom stereocenters. The van der Waals surface area contributed by atoms with E-state index in [0.29, 0.717) is 12.2 Å². The Morgan fingerprint density at radius 2 is 1.55 bits per heavy atom. The molecule has 0 N–H and O–H groups in total. The number of hydrogen-bond donors (Lipinski definition) is 0. The summed E-state index contributed by atoms with van der Waals surface area (Å²) in [7, 11) is 3.73. The molecule has 4 fully saturated rings. The van der Waals surface area contributed by atoms with Crippen LogP contribution in [0.1, 0.15) is 93.4 Å². The minimum Gasteiger partial charge on any atom is -0.349 e. The maximum absolute atomic E-state index is 14.5. The summed E-state index contributed by atoms with van der Waals surface area (Å²) in [4.78, 5) is 42.8. The van der Waals surface area contributed by atoms with Crippen LogP contribution in [0, 0.1) is 73.9 Å². The number of ketones is 2. The SMILES string of the molecule is CN(C)C(=O)[C@@H]1CC(C)(C)CC2C1CC[C@]1(C)C2C(=O)C[C@@H]2[C@@]3(C)C=C(C#N)C(=O)C(C)(C)[C@@H]3CC[C@]21C. The van der Waals surface area contributed by atoms with Crippen molar-refractivity contribution in [3.63, 3.8) is 0 Å². The molecular weight excluding hydrogens is 472 g/mol. The van der Waals surface area contributed by atoms with Gasteiger partial charge in [-0.15, -0.1) is 0 Å². The summed E-state index contributed by atoms with van der Waals surface area (Å²) < 4.78 is 0. The molecule has 0 aromatic carbocycles. The van der Waals surface area contributed by atoms with E-state index in [1.807, 2.05) is 34.0 Å². The predicted octanol–water partition coefficient (Wildman–Crippen LogP) is 6.23. The standard InChI is InChI=1S/C33H48N2O3/c1-29(2)16-21-20(22(17-29)28(38)35(8)9)10-12-33(7)26(21)23(36)14-25-31(5)15-19(18-34)27(37)30(3,4)24(31)11-13-32(25,33)6/h15,20-22,24-26H,10-14,16-17H2,1-9H3/t20?,21?,22-,24+,25-,26?,31+,32-,33-/m1/s1. The van der Waals surface area contributed by atoms with Gasteiger partial charge in [-0.3, -0.25) is 14.4 Å². The monoisotopic (exact) mass is 520 g/mol. The number of carbonyl (C=O) groups excluding carboxylic acids is 3. The van der Waals surface area contributed by atoms with Crippen molar-refractivity contribution in [1.82, 2.24) is 4.90 Å². The fraction of sp³-hybridized carbons (Fsp3) is 0.818. The van der Waals surface area contributed by atoms with Crippen LogP contribution < -0.4 is 0 Å². The maximum atomic E-state index is 14.5. The van der Waals surface area contributed by atoms with Gasteiger partial charge < -0.3 is 4.90 Å². The van der Waals surface area contributed by atoms with E-state index in [0.717, 1.165) is 38.5 Å². The average Bonchev–Trinajstić information content (AvgIpc) is 2.81. The van der Waals surface area contributed by atoms with Crippen molar-refractivity contribution in [3.8, 4) is 6.07 Å². The molecule has 5 aliphatic rings. The number of nitriles is 1. The van der Waals surface area contributed by atoms with Crippen molar-refractivity contribution in [2.45, 2.75) is 93.4 Å². The molecule has 0 saturated heterocycles. The van der Waals surface area contributed by atoms with Crippen LogP contribution in [0.2, 0.25) is 0 Å². The summed E-state index contributed by atoms with van der Waals surface area (Å²) in [5, 5.41) is 9.90. The number of nitrogens with zero attached hydrogens (tertiary/aromatic N) is 2. The Hall–Kier alpha value is -1.96. The van der Waals surface area contributed by atoms with Crippen LogP contribution in [0.25, 0.3) is 0 Å². The van der Waals surface area contributed by atoms with Crippen LogP contribution in [-0.4, -0.2) is 36.5 Å². The van der Waals surface area contributed by atoms with Crippen LogP contribution in [0.15, 0.2) is 11.6 Å². The van der Waals surface area contributed by atoms with Crippen molar-refractivity contribution in [2.24, 2.45) is 62.6 Å². The zero-order valence-corrected chi connectivity index (χ0v) is 25.1.